The van der Waals surface area contributed by atoms with Crippen molar-refractivity contribution in [1.29, 1.82) is 0 Å². The largest absolute Gasteiger partial charge is 0.478 e. The number of hydrogen-bond acceptors (Lipinski definition) is 5. The van der Waals surface area contributed by atoms with Crippen molar-refractivity contribution >= 4 is 29.5 Å². The zero-order valence-electron chi connectivity index (χ0n) is 12.0. The number of H-pyrrole nitrogens is 1. The second-order valence-electron chi connectivity index (χ2n) is 4.47. The molecule has 116 valence electrons. The van der Waals surface area contributed by atoms with E-state index in [0.29, 0.717) is 10.9 Å². The predicted molar refractivity (Wildman–Crippen MR) is 89.7 cm³/mol. The Labute approximate surface area is 136 Å². The fourth-order valence-corrected chi connectivity index (χ4v) is 3.14. The quantitative estimate of drug-likeness (QED) is 0.597. The van der Waals surface area contributed by atoms with E-state index in [2.05, 4.69) is 16.9 Å². The first-order chi connectivity index (χ1) is 10.6. The molecule has 2 N–H and O–H groups in total. The van der Waals surface area contributed by atoms with Gasteiger partial charge in [0.2, 0.25) is 0 Å². The van der Waals surface area contributed by atoms with Crippen LogP contribution in [-0.2, 0) is 11.5 Å². The van der Waals surface area contributed by atoms with Gasteiger partial charge in [0, 0.05) is 17.6 Å². The molecular weight excluding hydrogens is 320 g/mol. The van der Waals surface area contributed by atoms with Crippen molar-refractivity contribution < 1.29 is 9.90 Å². The number of carboxylic acid groups (broad SMARTS) is 1. The second kappa shape index (κ2) is 8.05. The van der Waals surface area contributed by atoms with E-state index in [0.717, 1.165) is 22.8 Å². The van der Waals surface area contributed by atoms with Gasteiger partial charge in [0.1, 0.15) is 0 Å². The smallest absolute Gasteiger partial charge is 0.335 e. The molecule has 2 rings (SSSR count). The topological polar surface area (TPSA) is 83.0 Å². The summed E-state index contributed by atoms with van der Waals surface area (Å²) in [5, 5.41) is 9.44. The Kier molecular flexibility index (Phi) is 6.09. The number of thioether (sulfide) groups is 2. The minimum atomic E-state index is -0.939. The van der Waals surface area contributed by atoms with Gasteiger partial charge in [0.25, 0.3) is 5.56 Å². The van der Waals surface area contributed by atoms with E-state index in [1.54, 1.807) is 36.0 Å². The molecule has 0 fully saturated rings. The van der Waals surface area contributed by atoms with Crippen LogP contribution in [0.3, 0.4) is 0 Å². The summed E-state index contributed by atoms with van der Waals surface area (Å²) in [5.74, 6) is 1.38. The third-order valence-corrected chi connectivity index (χ3v) is 4.66. The van der Waals surface area contributed by atoms with Crippen molar-refractivity contribution in [3.63, 3.8) is 0 Å². The van der Waals surface area contributed by atoms with Crippen molar-refractivity contribution in [3.8, 4) is 0 Å². The summed E-state index contributed by atoms with van der Waals surface area (Å²) in [6.07, 6.45) is 0. The molecule has 0 amide bonds. The first-order valence-electron chi connectivity index (χ1n) is 6.71. The highest BCUT2D eigenvalue weighted by molar-refractivity contribution is 7.98. The first kappa shape index (κ1) is 16.6. The lowest BCUT2D eigenvalue weighted by atomic mass is 10.1. The minimum absolute atomic E-state index is 0.148. The van der Waals surface area contributed by atoms with E-state index in [-0.39, 0.29) is 11.1 Å². The van der Waals surface area contributed by atoms with E-state index in [9.17, 15) is 9.59 Å². The number of carbonyl (C=O) groups is 1. The lowest BCUT2D eigenvalue weighted by Gasteiger charge is -2.04. The zero-order valence-corrected chi connectivity index (χ0v) is 13.7. The Morgan fingerprint density at radius 3 is 2.64 bits per heavy atom. The molecule has 0 aliphatic carbocycles. The van der Waals surface area contributed by atoms with Crippen molar-refractivity contribution in [1.82, 2.24) is 9.97 Å². The van der Waals surface area contributed by atoms with Crippen LogP contribution >= 0.6 is 23.5 Å². The summed E-state index contributed by atoms with van der Waals surface area (Å²) in [5.41, 5.74) is 1.87. The Hall–Kier alpha value is -1.73. The van der Waals surface area contributed by atoms with E-state index in [4.69, 9.17) is 5.11 Å². The fourth-order valence-electron chi connectivity index (χ4n) is 1.73. The molecule has 0 saturated carbocycles. The van der Waals surface area contributed by atoms with Crippen LogP contribution < -0.4 is 5.56 Å². The molecule has 0 radical (unpaired) electrons. The maximum absolute atomic E-state index is 11.6. The van der Waals surface area contributed by atoms with Gasteiger partial charge in [-0.2, -0.15) is 11.8 Å². The number of nitrogens with one attached hydrogen (secondary N) is 1. The molecule has 7 heteroatoms. The molecule has 0 aliphatic rings. The molecule has 22 heavy (non-hydrogen) atoms. The van der Waals surface area contributed by atoms with Crippen LogP contribution in [0.1, 0.15) is 28.5 Å². The van der Waals surface area contributed by atoms with E-state index in [1.165, 1.54) is 17.8 Å². The van der Waals surface area contributed by atoms with Crippen LogP contribution in [0.15, 0.2) is 40.3 Å². The SMILES string of the molecule is CCSCc1cc(=O)[nH]c(SCc2ccc(C(=O)O)cc2)n1. The lowest BCUT2D eigenvalue weighted by Crippen LogP contribution is -2.09. The molecule has 5 nitrogen and oxygen atoms in total. The number of hydrogen-bond donors (Lipinski definition) is 2. The normalized spacial score (nSPS) is 10.6. The Balaban J connectivity index is 2.02. The van der Waals surface area contributed by atoms with Gasteiger partial charge in [-0.15, -0.1) is 0 Å². The van der Waals surface area contributed by atoms with Gasteiger partial charge < -0.3 is 10.1 Å². The number of carboxylic acids is 1. The highest BCUT2D eigenvalue weighted by Crippen LogP contribution is 2.19. The summed E-state index contributed by atoms with van der Waals surface area (Å²) in [6, 6.07) is 8.20. The Bertz CT molecular complexity index is 699. The highest BCUT2D eigenvalue weighted by atomic mass is 32.2. The van der Waals surface area contributed by atoms with Gasteiger partial charge in [0.05, 0.1) is 11.3 Å². The molecule has 1 heterocycles. The summed E-state index contributed by atoms with van der Waals surface area (Å²) in [7, 11) is 0. The molecule has 0 unspecified atom stereocenters. The van der Waals surface area contributed by atoms with Gasteiger partial charge in [-0.25, -0.2) is 9.78 Å². The van der Waals surface area contributed by atoms with Crippen molar-refractivity contribution in [3.05, 3.63) is 57.5 Å². The van der Waals surface area contributed by atoms with Gasteiger partial charge >= 0.3 is 5.97 Å². The molecule has 2 aromatic rings. The Morgan fingerprint density at radius 2 is 2.00 bits per heavy atom. The second-order valence-corrected chi connectivity index (χ2v) is 6.71. The van der Waals surface area contributed by atoms with Crippen molar-refractivity contribution in [2.75, 3.05) is 5.75 Å². The van der Waals surface area contributed by atoms with Gasteiger partial charge in [-0.3, -0.25) is 4.79 Å². The maximum atomic E-state index is 11.6. The molecule has 0 saturated heterocycles. The van der Waals surface area contributed by atoms with Gasteiger partial charge in [0.15, 0.2) is 5.16 Å². The molecule has 0 atom stereocenters. The first-order valence-corrected chi connectivity index (χ1v) is 8.85. The van der Waals surface area contributed by atoms with Gasteiger partial charge in [-0.05, 0) is 23.4 Å². The third-order valence-electron chi connectivity index (χ3n) is 2.80. The van der Waals surface area contributed by atoms with E-state index >= 15 is 0 Å². The van der Waals surface area contributed by atoms with Crippen molar-refractivity contribution in [2.45, 2.75) is 23.6 Å². The van der Waals surface area contributed by atoms with Crippen LogP contribution in [0.2, 0.25) is 0 Å². The molecular formula is C15H16N2O3S2. The minimum Gasteiger partial charge on any atom is -0.478 e. The summed E-state index contributed by atoms with van der Waals surface area (Å²) >= 11 is 3.14. The summed E-state index contributed by atoms with van der Waals surface area (Å²) in [6.45, 7) is 2.06. The summed E-state index contributed by atoms with van der Waals surface area (Å²) < 4.78 is 0. The highest BCUT2D eigenvalue weighted by Gasteiger charge is 2.05. The number of benzene rings is 1. The van der Waals surface area contributed by atoms with Crippen LogP contribution in [-0.4, -0.2) is 26.8 Å². The van der Waals surface area contributed by atoms with E-state index < -0.39 is 5.97 Å². The average Bonchev–Trinajstić information content (AvgIpc) is 2.51. The molecule has 1 aromatic heterocycles. The lowest BCUT2D eigenvalue weighted by molar-refractivity contribution is 0.0697. The number of aromatic carboxylic acids is 1. The number of nitrogens with zero attached hydrogens (tertiary/aromatic N) is 1. The molecule has 0 spiro atoms. The number of aromatic amines is 1. The number of aromatic nitrogens is 2. The van der Waals surface area contributed by atoms with Crippen LogP contribution in [0.4, 0.5) is 0 Å². The van der Waals surface area contributed by atoms with Crippen LogP contribution in [0.5, 0.6) is 0 Å². The Morgan fingerprint density at radius 1 is 1.27 bits per heavy atom. The number of rotatable bonds is 7. The fraction of sp³-hybridized carbons (Fsp3) is 0.267. The zero-order chi connectivity index (χ0) is 15.9. The summed E-state index contributed by atoms with van der Waals surface area (Å²) in [4.78, 5) is 29.6. The standard InChI is InChI=1S/C15H16N2O3S2/c1-2-21-9-12-7-13(18)17-15(16-12)22-8-10-3-5-11(6-4-10)14(19)20/h3-7H,2,8-9H2,1H3,(H,19,20)(H,16,17,18). The third kappa shape index (κ3) is 4.92. The molecule has 1 aromatic carbocycles. The average molecular weight is 336 g/mol. The van der Waals surface area contributed by atoms with E-state index in [1.807, 2.05) is 0 Å². The van der Waals surface area contributed by atoms with Crippen molar-refractivity contribution in [2.24, 2.45) is 0 Å². The van der Waals surface area contributed by atoms with Crippen LogP contribution in [0, 0.1) is 0 Å². The van der Waals surface area contributed by atoms with Crippen LogP contribution in [0.25, 0.3) is 0 Å². The maximum Gasteiger partial charge on any atom is 0.335 e. The monoisotopic (exact) mass is 336 g/mol. The molecule has 0 bridgehead atoms. The van der Waals surface area contributed by atoms with Gasteiger partial charge in [-0.1, -0.05) is 30.8 Å². The molecule has 0 aliphatic heterocycles. The predicted octanol–water partition coefficient (Wildman–Crippen LogP) is 3.01.